The Bertz CT molecular complexity index is 426. The molecular weight excluding hydrogens is 302 g/mol. The van der Waals surface area contributed by atoms with Gasteiger partial charge in [0.25, 0.3) is 0 Å². The van der Waals surface area contributed by atoms with Crippen molar-refractivity contribution in [1.82, 2.24) is 0 Å². The van der Waals surface area contributed by atoms with Crippen LogP contribution in [0, 0.1) is 35.0 Å². The van der Waals surface area contributed by atoms with Crippen molar-refractivity contribution in [3.8, 4) is 6.07 Å². The summed E-state index contributed by atoms with van der Waals surface area (Å²) in [6.07, 6.45) is 28.2. The second kappa shape index (κ2) is 12.3. The third kappa shape index (κ3) is 8.26. The molecule has 2 aliphatic rings. The van der Waals surface area contributed by atoms with E-state index in [2.05, 4.69) is 19.1 Å². The number of hydrogen-bond acceptors (Lipinski definition) is 1. The third-order valence-corrected chi connectivity index (χ3v) is 6.72. The van der Waals surface area contributed by atoms with E-state index in [1.54, 1.807) is 6.08 Å². The SMILES string of the molecule is CCCCCC1CCC(CCC2CCC(/C=C/C=C/C#N)CC2)CC1. The molecule has 0 aliphatic heterocycles. The van der Waals surface area contributed by atoms with Crippen molar-refractivity contribution in [3.05, 3.63) is 24.3 Å². The number of unbranched alkanes of at least 4 members (excludes halogenated alkanes) is 2. The second-order valence-corrected chi connectivity index (χ2v) is 8.61. The summed E-state index contributed by atoms with van der Waals surface area (Å²) in [6.45, 7) is 2.31. The first kappa shape index (κ1) is 20.3. The predicted octanol–water partition coefficient (Wildman–Crippen LogP) is 7.60. The molecule has 0 spiro atoms. The molecule has 2 rings (SSSR count). The average Bonchev–Trinajstić information content (AvgIpc) is 2.66. The number of rotatable bonds is 9. The fourth-order valence-corrected chi connectivity index (χ4v) is 4.95. The molecule has 1 nitrogen and oxygen atoms in total. The zero-order chi connectivity index (χ0) is 17.7. The van der Waals surface area contributed by atoms with Crippen LogP contribution >= 0.6 is 0 Å². The maximum atomic E-state index is 8.50. The molecule has 0 aromatic rings. The normalized spacial score (nSPS) is 30.7. The molecule has 0 heterocycles. The molecule has 0 radical (unpaired) electrons. The summed E-state index contributed by atoms with van der Waals surface area (Å²) in [4.78, 5) is 0. The Morgan fingerprint density at radius 3 is 1.88 bits per heavy atom. The second-order valence-electron chi connectivity index (χ2n) is 8.61. The smallest absolute Gasteiger partial charge is 0.0912 e. The van der Waals surface area contributed by atoms with Crippen molar-refractivity contribution >= 4 is 0 Å². The molecule has 2 fully saturated rings. The van der Waals surface area contributed by atoms with Crippen LogP contribution < -0.4 is 0 Å². The highest BCUT2D eigenvalue weighted by Crippen LogP contribution is 2.38. The molecule has 0 aromatic carbocycles. The van der Waals surface area contributed by atoms with Crippen LogP contribution in [-0.4, -0.2) is 0 Å². The van der Waals surface area contributed by atoms with E-state index in [1.165, 1.54) is 89.9 Å². The summed E-state index contributed by atoms with van der Waals surface area (Å²) in [7, 11) is 0. The van der Waals surface area contributed by atoms with Gasteiger partial charge in [0.2, 0.25) is 0 Å². The molecule has 0 bridgehead atoms. The molecule has 0 N–H and O–H groups in total. The van der Waals surface area contributed by atoms with Crippen LogP contribution in [0.25, 0.3) is 0 Å². The van der Waals surface area contributed by atoms with Crippen molar-refractivity contribution < 1.29 is 0 Å². The molecule has 0 saturated heterocycles. The Morgan fingerprint density at radius 1 is 0.760 bits per heavy atom. The summed E-state index contributed by atoms with van der Waals surface area (Å²) in [5.74, 6) is 3.83. The molecule has 2 saturated carbocycles. The van der Waals surface area contributed by atoms with Gasteiger partial charge in [0.05, 0.1) is 6.07 Å². The molecule has 0 aromatic heterocycles. The molecule has 0 unspecified atom stereocenters. The van der Waals surface area contributed by atoms with Crippen molar-refractivity contribution in [2.45, 2.75) is 96.8 Å². The van der Waals surface area contributed by atoms with E-state index in [4.69, 9.17) is 5.26 Å². The van der Waals surface area contributed by atoms with Gasteiger partial charge in [-0.1, -0.05) is 89.4 Å². The first-order chi connectivity index (χ1) is 12.3. The highest BCUT2D eigenvalue weighted by molar-refractivity contribution is 5.12. The third-order valence-electron chi connectivity index (χ3n) is 6.72. The lowest BCUT2D eigenvalue weighted by Crippen LogP contribution is -2.17. The Labute approximate surface area is 156 Å². The Morgan fingerprint density at radius 2 is 1.32 bits per heavy atom. The zero-order valence-corrected chi connectivity index (χ0v) is 16.5. The van der Waals surface area contributed by atoms with Gasteiger partial charge in [0.1, 0.15) is 0 Å². The van der Waals surface area contributed by atoms with E-state index < -0.39 is 0 Å². The monoisotopic (exact) mass is 341 g/mol. The first-order valence-corrected chi connectivity index (χ1v) is 11.0. The Hall–Kier alpha value is -1.03. The fraction of sp³-hybridized carbons (Fsp3) is 0.792. The van der Waals surface area contributed by atoms with Crippen LogP contribution in [0.3, 0.4) is 0 Å². The fourth-order valence-electron chi connectivity index (χ4n) is 4.95. The predicted molar refractivity (Wildman–Crippen MR) is 108 cm³/mol. The van der Waals surface area contributed by atoms with Gasteiger partial charge < -0.3 is 0 Å². The van der Waals surface area contributed by atoms with Crippen LogP contribution in [-0.2, 0) is 0 Å². The molecule has 25 heavy (non-hydrogen) atoms. The van der Waals surface area contributed by atoms with Gasteiger partial charge in [-0.25, -0.2) is 0 Å². The van der Waals surface area contributed by atoms with E-state index in [1.807, 2.05) is 12.1 Å². The largest absolute Gasteiger partial charge is 0.193 e. The van der Waals surface area contributed by atoms with Gasteiger partial charge in [-0.3, -0.25) is 0 Å². The standard InChI is InChI=1S/C24H39N/c1-2-3-5-8-21-10-14-23(15-11-21)18-19-24-16-12-22(13-17-24)9-6-4-7-20-25/h4,6-7,9,21-24H,2-3,5,8,10-19H2,1H3/b7-4+,9-6+. The summed E-state index contributed by atoms with van der Waals surface area (Å²) >= 11 is 0. The van der Waals surface area contributed by atoms with Crippen molar-refractivity contribution in [2.75, 3.05) is 0 Å². The lowest BCUT2D eigenvalue weighted by atomic mass is 9.75. The van der Waals surface area contributed by atoms with Gasteiger partial charge in [0.15, 0.2) is 0 Å². The minimum absolute atomic E-state index is 0.748. The minimum atomic E-state index is 0.748. The summed E-state index contributed by atoms with van der Waals surface area (Å²) < 4.78 is 0. The molecule has 0 amide bonds. The number of nitrogens with zero attached hydrogens (tertiary/aromatic N) is 1. The van der Waals surface area contributed by atoms with Crippen molar-refractivity contribution in [1.29, 1.82) is 5.26 Å². The zero-order valence-electron chi connectivity index (χ0n) is 16.5. The summed E-state index contributed by atoms with van der Waals surface area (Å²) in [6, 6.07) is 2.04. The topological polar surface area (TPSA) is 23.8 Å². The minimum Gasteiger partial charge on any atom is -0.193 e. The maximum absolute atomic E-state index is 8.50. The molecule has 140 valence electrons. The summed E-state index contributed by atoms with van der Waals surface area (Å²) in [5.41, 5.74) is 0. The van der Waals surface area contributed by atoms with Crippen LogP contribution in [0.4, 0.5) is 0 Å². The van der Waals surface area contributed by atoms with Crippen LogP contribution in [0.1, 0.15) is 96.8 Å². The van der Waals surface area contributed by atoms with E-state index in [-0.39, 0.29) is 0 Å². The highest BCUT2D eigenvalue weighted by Gasteiger charge is 2.23. The van der Waals surface area contributed by atoms with Gasteiger partial charge in [-0.05, 0) is 49.4 Å². The maximum Gasteiger partial charge on any atom is 0.0912 e. The lowest BCUT2D eigenvalue weighted by Gasteiger charge is -2.31. The van der Waals surface area contributed by atoms with Crippen molar-refractivity contribution in [2.24, 2.45) is 23.7 Å². The van der Waals surface area contributed by atoms with E-state index >= 15 is 0 Å². The molecule has 0 atom stereocenters. The first-order valence-electron chi connectivity index (χ1n) is 11.0. The van der Waals surface area contributed by atoms with Crippen molar-refractivity contribution in [3.63, 3.8) is 0 Å². The van der Waals surface area contributed by atoms with Gasteiger partial charge in [-0.15, -0.1) is 0 Å². The summed E-state index contributed by atoms with van der Waals surface area (Å²) in [5, 5.41) is 8.50. The lowest BCUT2D eigenvalue weighted by molar-refractivity contribution is 0.219. The van der Waals surface area contributed by atoms with E-state index in [9.17, 15) is 0 Å². The highest BCUT2D eigenvalue weighted by atomic mass is 14.3. The molecular formula is C24H39N. The van der Waals surface area contributed by atoms with Crippen LogP contribution in [0.15, 0.2) is 24.3 Å². The molecule has 2 aliphatic carbocycles. The van der Waals surface area contributed by atoms with Crippen LogP contribution in [0.5, 0.6) is 0 Å². The van der Waals surface area contributed by atoms with Crippen LogP contribution in [0.2, 0.25) is 0 Å². The number of allylic oxidation sites excluding steroid dienone is 4. The number of hydrogen-bond donors (Lipinski definition) is 0. The molecule has 1 heteroatoms. The van der Waals surface area contributed by atoms with E-state index in [0.717, 1.165) is 23.7 Å². The Balaban J connectivity index is 1.54. The number of nitriles is 1. The quantitative estimate of drug-likeness (QED) is 0.241. The average molecular weight is 342 g/mol. The van der Waals surface area contributed by atoms with Gasteiger partial charge in [0, 0.05) is 6.08 Å². The van der Waals surface area contributed by atoms with Gasteiger partial charge in [-0.2, -0.15) is 5.26 Å². The Kier molecular flexibility index (Phi) is 10.0. The van der Waals surface area contributed by atoms with Gasteiger partial charge >= 0.3 is 0 Å². The van der Waals surface area contributed by atoms with E-state index in [0.29, 0.717) is 0 Å².